The van der Waals surface area contributed by atoms with Gasteiger partial charge >= 0.3 is 5.97 Å². The molecular formula is C31H28N4O4. The van der Waals surface area contributed by atoms with Crippen LogP contribution < -0.4 is 10.2 Å². The Balaban J connectivity index is 1.42. The number of hydrogen-bond donors (Lipinski definition) is 2. The number of carboxylic acids is 1. The summed E-state index contributed by atoms with van der Waals surface area (Å²) in [6, 6.07) is 20.4. The maximum absolute atomic E-state index is 13.8. The van der Waals surface area contributed by atoms with Gasteiger partial charge in [0, 0.05) is 23.7 Å². The number of carboxylic acid groups (broad SMARTS) is 1. The van der Waals surface area contributed by atoms with Crippen LogP contribution in [0.4, 0.5) is 11.4 Å². The Labute approximate surface area is 225 Å². The van der Waals surface area contributed by atoms with Crippen molar-refractivity contribution in [3.05, 3.63) is 95.2 Å². The van der Waals surface area contributed by atoms with Gasteiger partial charge in [0.05, 0.1) is 23.2 Å². The van der Waals surface area contributed by atoms with Crippen LogP contribution in [0.5, 0.6) is 0 Å². The molecule has 8 nitrogen and oxygen atoms in total. The first-order chi connectivity index (χ1) is 18.8. The van der Waals surface area contributed by atoms with Crippen LogP contribution in [0.2, 0.25) is 0 Å². The highest BCUT2D eigenvalue weighted by molar-refractivity contribution is 6.12. The molecule has 0 saturated heterocycles. The fraction of sp³-hybridized carbons (Fsp3) is 0.226. The number of aryl methyl sites for hydroxylation is 1. The molecular weight excluding hydrogens is 492 g/mol. The number of anilines is 2. The topological polar surface area (TPSA) is 109 Å². The van der Waals surface area contributed by atoms with Gasteiger partial charge in [-0.05, 0) is 56.0 Å². The van der Waals surface area contributed by atoms with E-state index in [0.717, 1.165) is 34.9 Å². The average molecular weight is 521 g/mol. The third-order valence-electron chi connectivity index (χ3n) is 7.65. The van der Waals surface area contributed by atoms with Gasteiger partial charge in [-0.2, -0.15) is 5.10 Å². The summed E-state index contributed by atoms with van der Waals surface area (Å²) in [5, 5.41) is 22.4. The van der Waals surface area contributed by atoms with Gasteiger partial charge in [0.15, 0.2) is 5.58 Å². The van der Waals surface area contributed by atoms with Crippen molar-refractivity contribution in [1.82, 2.24) is 10.2 Å². The maximum atomic E-state index is 13.8. The molecule has 2 N–H and O–H groups in total. The Morgan fingerprint density at radius 3 is 2.49 bits per heavy atom. The molecule has 39 heavy (non-hydrogen) atoms. The standard InChI is InChI=1S/C31H28N4O4/c1-18-15-22(19(2)33-24-12-8-7-11-21(24)29(36)37)27-23(16-18)26-28(39-27)25(17-32-34-26)35(3)30(38)31(13-14-31)20-9-5-4-6-10-20/h4-12,15-17,19,33H,13-14H2,1-3H3,(H,36,37)/t19-/m1/s1. The summed E-state index contributed by atoms with van der Waals surface area (Å²) in [6.07, 6.45) is 3.17. The lowest BCUT2D eigenvalue weighted by Crippen LogP contribution is -2.36. The highest BCUT2D eigenvalue weighted by atomic mass is 16.4. The van der Waals surface area contributed by atoms with E-state index in [0.29, 0.717) is 28.1 Å². The summed E-state index contributed by atoms with van der Waals surface area (Å²) in [7, 11) is 1.76. The van der Waals surface area contributed by atoms with Gasteiger partial charge in [0.1, 0.15) is 16.8 Å². The normalized spacial score (nSPS) is 14.7. The van der Waals surface area contributed by atoms with Crippen molar-refractivity contribution < 1.29 is 19.1 Å². The molecule has 1 aliphatic carbocycles. The summed E-state index contributed by atoms with van der Waals surface area (Å²) < 4.78 is 6.46. The lowest BCUT2D eigenvalue weighted by Gasteiger charge is -2.23. The van der Waals surface area contributed by atoms with Crippen molar-refractivity contribution in [1.29, 1.82) is 0 Å². The zero-order chi connectivity index (χ0) is 27.3. The van der Waals surface area contributed by atoms with Crippen molar-refractivity contribution in [2.24, 2.45) is 0 Å². The van der Waals surface area contributed by atoms with Gasteiger partial charge in [0.25, 0.3) is 0 Å². The molecule has 0 aliphatic heterocycles. The molecule has 3 aromatic carbocycles. The third-order valence-corrected chi connectivity index (χ3v) is 7.65. The number of nitrogens with zero attached hydrogens (tertiary/aromatic N) is 3. The average Bonchev–Trinajstić information content (AvgIpc) is 3.68. The fourth-order valence-corrected chi connectivity index (χ4v) is 5.44. The Hall–Kier alpha value is -4.72. The number of furan rings is 1. The van der Waals surface area contributed by atoms with Crippen molar-refractivity contribution in [2.45, 2.75) is 38.1 Å². The minimum atomic E-state index is -1.00. The number of carbonyl (C=O) groups excluding carboxylic acids is 1. The van der Waals surface area contributed by atoms with Crippen LogP contribution in [-0.4, -0.2) is 34.2 Å². The molecule has 1 fully saturated rings. The van der Waals surface area contributed by atoms with Crippen molar-refractivity contribution >= 4 is 45.3 Å². The lowest BCUT2D eigenvalue weighted by molar-refractivity contribution is -0.120. The van der Waals surface area contributed by atoms with Crippen molar-refractivity contribution in [2.75, 3.05) is 17.3 Å². The number of hydrogen-bond acceptors (Lipinski definition) is 6. The molecule has 1 atom stereocenters. The third kappa shape index (κ3) is 4.09. The van der Waals surface area contributed by atoms with E-state index in [1.807, 2.05) is 56.3 Å². The summed E-state index contributed by atoms with van der Waals surface area (Å²) in [4.78, 5) is 27.2. The zero-order valence-electron chi connectivity index (χ0n) is 21.9. The van der Waals surface area contributed by atoms with Gasteiger partial charge in [0.2, 0.25) is 5.91 Å². The van der Waals surface area contributed by atoms with E-state index in [2.05, 4.69) is 15.5 Å². The molecule has 5 aromatic rings. The second-order valence-corrected chi connectivity index (χ2v) is 10.3. The summed E-state index contributed by atoms with van der Waals surface area (Å²) in [5.74, 6) is -1.000. The van der Waals surface area contributed by atoms with Crippen LogP contribution >= 0.6 is 0 Å². The van der Waals surface area contributed by atoms with Crippen molar-refractivity contribution in [3.63, 3.8) is 0 Å². The molecule has 6 rings (SSSR count). The number of carbonyl (C=O) groups is 2. The molecule has 0 radical (unpaired) electrons. The second-order valence-electron chi connectivity index (χ2n) is 10.3. The first kappa shape index (κ1) is 24.6. The van der Waals surface area contributed by atoms with Gasteiger partial charge in [-0.3, -0.25) is 4.79 Å². The number of nitrogens with one attached hydrogen (secondary N) is 1. The molecule has 0 bridgehead atoms. The highest BCUT2D eigenvalue weighted by Gasteiger charge is 2.52. The van der Waals surface area contributed by atoms with Crippen LogP contribution in [0.15, 0.2) is 77.3 Å². The molecule has 0 unspecified atom stereocenters. The SMILES string of the molecule is Cc1cc([C@@H](C)Nc2ccccc2C(=O)O)c2oc3c(N(C)C(=O)C4(c5ccccc5)CC4)cnnc3c2c1. The Morgan fingerprint density at radius 2 is 1.77 bits per heavy atom. The summed E-state index contributed by atoms with van der Waals surface area (Å²) >= 11 is 0. The Morgan fingerprint density at radius 1 is 1.05 bits per heavy atom. The number of benzene rings is 3. The van der Waals surface area contributed by atoms with Gasteiger partial charge in [-0.1, -0.05) is 48.5 Å². The molecule has 2 heterocycles. The van der Waals surface area contributed by atoms with Crippen LogP contribution in [0.1, 0.15) is 52.9 Å². The Kier molecular flexibility index (Phi) is 5.83. The number of rotatable bonds is 7. The van der Waals surface area contributed by atoms with Crippen LogP contribution in [0.25, 0.3) is 22.1 Å². The van der Waals surface area contributed by atoms with E-state index in [1.54, 1.807) is 42.4 Å². The number of fused-ring (bicyclic) bond motifs is 3. The van der Waals surface area contributed by atoms with E-state index >= 15 is 0 Å². The van der Waals surface area contributed by atoms with Crippen molar-refractivity contribution in [3.8, 4) is 0 Å². The predicted octanol–water partition coefficient (Wildman–Crippen LogP) is 6.25. The fourth-order valence-electron chi connectivity index (χ4n) is 5.44. The van der Waals surface area contributed by atoms with Gasteiger partial charge in [-0.25, -0.2) is 4.79 Å². The smallest absolute Gasteiger partial charge is 0.337 e. The molecule has 1 saturated carbocycles. The van der Waals surface area contributed by atoms with E-state index in [9.17, 15) is 14.7 Å². The second kappa shape index (κ2) is 9.23. The monoisotopic (exact) mass is 520 g/mol. The van der Waals surface area contributed by atoms with E-state index < -0.39 is 11.4 Å². The number of amides is 1. The highest BCUT2D eigenvalue weighted by Crippen LogP contribution is 2.50. The number of aromatic nitrogens is 2. The van der Waals surface area contributed by atoms with Crippen LogP contribution in [0.3, 0.4) is 0 Å². The van der Waals surface area contributed by atoms with Gasteiger partial charge in [-0.15, -0.1) is 5.10 Å². The molecule has 196 valence electrons. The lowest BCUT2D eigenvalue weighted by atomic mass is 9.94. The molecule has 1 aliphatic rings. The molecule has 1 amide bonds. The number of para-hydroxylation sites is 1. The molecule has 8 heteroatoms. The Bertz CT molecular complexity index is 1740. The van der Waals surface area contributed by atoms with E-state index in [-0.39, 0.29) is 17.5 Å². The summed E-state index contributed by atoms with van der Waals surface area (Å²) in [5.41, 5.74) is 5.30. The van der Waals surface area contributed by atoms with E-state index in [4.69, 9.17) is 4.42 Å². The maximum Gasteiger partial charge on any atom is 0.337 e. The number of likely N-dealkylation sites (N-methyl/N-ethyl adjacent to an activating group) is 1. The first-order valence-electron chi connectivity index (χ1n) is 12.9. The molecule has 2 aromatic heterocycles. The molecule has 0 spiro atoms. The first-order valence-corrected chi connectivity index (χ1v) is 12.9. The van der Waals surface area contributed by atoms with Crippen LogP contribution in [0, 0.1) is 6.92 Å². The summed E-state index contributed by atoms with van der Waals surface area (Å²) in [6.45, 7) is 3.95. The minimum absolute atomic E-state index is 0.000160. The largest absolute Gasteiger partial charge is 0.478 e. The predicted molar refractivity (Wildman–Crippen MR) is 150 cm³/mol. The van der Waals surface area contributed by atoms with E-state index in [1.165, 1.54) is 0 Å². The minimum Gasteiger partial charge on any atom is -0.478 e. The quantitative estimate of drug-likeness (QED) is 0.261. The van der Waals surface area contributed by atoms with Crippen LogP contribution in [-0.2, 0) is 10.2 Å². The zero-order valence-corrected chi connectivity index (χ0v) is 21.9. The number of aromatic carboxylic acids is 1. The van der Waals surface area contributed by atoms with Gasteiger partial charge < -0.3 is 19.7 Å².